The van der Waals surface area contributed by atoms with Gasteiger partial charge in [0.15, 0.2) is 5.65 Å². The number of anilines is 1. The van der Waals surface area contributed by atoms with Crippen LogP contribution in [0, 0.1) is 13.8 Å². The number of carbonyl (C=O) groups is 1. The summed E-state index contributed by atoms with van der Waals surface area (Å²) in [6, 6.07) is 13.8. The Balaban J connectivity index is 1.41. The van der Waals surface area contributed by atoms with Crippen LogP contribution >= 0.6 is 11.8 Å². The smallest absolute Gasteiger partial charge is 0.242 e. The second-order valence-corrected chi connectivity index (χ2v) is 8.83. The van der Waals surface area contributed by atoms with E-state index in [9.17, 15) is 4.79 Å². The lowest BCUT2D eigenvalue weighted by Gasteiger charge is -2.12. The molecule has 0 aliphatic rings. The van der Waals surface area contributed by atoms with Crippen LogP contribution in [0.3, 0.4) is 0 Å². The number of amides is 1. The summed E-state index contributed by atoms with van der Waals surface area (Å²) < 4.78 is 7.16. The second kappa shape index (κ2) is 10.0. The maximum atomic E-state index is 12.7. The van der Waals surface area contributed by atoms with Gasteiger partial charge in [-0.15, -0.1) is 16.9 Å². The lowest BCUT2D eigenvalue weighted by atomic mass is 10.00. The van der Waals surface area contributed by atoms with E-state index in [4.69, 9.17) is 9.72 Å². The highest BCUT2D eigenvalue weighted by atomic mass is 32.2. The average molecular weight is 462 g/mol. The van der Waals surface area contributed by atoms with Gasteiger partial charge in [-0.05, 0) is 61.2 Å². The number of nitrogens with one attached hydrogen (secondary N) is 1. The predicted molar refractivity (Wildman–Crippen MR) is 132 cm³/mol. The largest absolute Gasteiger partial charge is 0.479 e. The van der Waals surface area contributed by atoms with Crippen LogP contribution in [0.5, 0.6) is 5.88 Å². The summed E-state index contributed by atoms with van der Waals surface area (Å²) in [4.78, 5) is 21.7. The summed E-state index contributed by atoms with van der Waals surface area (Å²) in [6.07, 6.45) is 2.75. The molecule has 1 aromatic carbocycles. The Bertz CT molecular complexity index is 1290. The zero-order valence-electron chi connectivity index (χ0n) is 19.3. The molecule has 3 aromatic heterocycles. The Labute approximate surface area is 197 Å². The molecule has 1 N–H and O–H groups in total. The fraction of sp³-hybridized carbons (Fsp3) is 0.280. The van der Waals surface area contributed by atoms with E-state index in [1.54, 1.807) is 29.8 Å². The number of nitrogens with zero attached hydrogens (tertiary/aromatic N) is 4. The van der Waals surface area contributed by atoms with Crippen molar-refractivity contribution in [2.24, 2.45) is 7.05 Å². The Morgan fingerprint density at radius 3 is 2.79 bits per heavy atom. The third kappa shape index (κ3) is 5.17. The van der Waals surface area contributed by atoms with Crippen LogP contribution < -0.4 is 10.1 Å². The van der Waals surface area contributed by atoms with Crippen molar-refractivity contribution in [2.45, 2.75) is 37.5 Å². The molecule has 4 aromatic rings. The Hall–Kier alpha value is -3.39. The van der Waals surface area contributed by atoms with Gasteiger partial charge >= 0.3 is 0 Å². The summed E-state index contributed by atoms with van der Waals surface area (Å²) in [5, 5.41) is 9.30. The summed E-state index contributed by atoms with van der Waals surface area (Å²) in [5.74, 6) is 1.32. The summed E-state index contributed by atoms with van der Waals surface area (Å²) in [7, 11) is 3.46. The third-order valence-electron chi connectivity index (χ3n) is 5.55. The van der Waals surface area contributed by atoms with Crippen LogP contribution in [-0.4, -0.2) is 32.8 Å². The topological polar surface area (TPSA) is 81.9 Å². The first-order valence-corrected chi connectivity index (χ1v) is 11.7. The SMILES string of the molecule is COc1nn(C)c2nc(C)c(CCC(=O)Nc3cccc(CSc4ccccn4)c3)c(C)c12. The Morgan fingerprint density at radius 2 is 2.03 bits per heavy atom. The monoisotopic (exact) mass is 461 g/mol. The maximum absolute atomic E-state index is 12.7. The number of aryl methyl sites for hydroxylation is 3. The fourth-order valence-corrected chi connectivity index (χ4v) is 4.70. The Kier molecular flexibility index (Phi) is 6.93. The van der Waals surface area contributed by atoms with Gasteiger partial charge in [0.25, 0.3) is 0 Å². The Morgan fingerprint density at radius 1 is 1.18 bits per heavy atom. The van der Waals surface area contributed by atoms with E-state index in [-0.39, 0.29) is 5.91 Å². The minimum atomic E-state index is -0.0263. The van der Waals surface area contributed by atoms with Gasteiger partial charge in [-0.3, -0.25) is 4.79 Å². The van der Waals surface area contributed by atoms with Gasteiger partial charge in [0, 0.05) is 36.8 Å². The van der Waals surface area contributed by atoms with E-state index < -0.39 is 0 Å². The van der Waals surface area contributed by atoms with E-state index in [1.807, 2.05) is 57.3 Å². The number of ether oxygens (including phenoxy) is 1. The minimum Gasteiger partial charge on any atom is -0.479 e. The van der Waals surface area contributed by atoms with Crippen LogP contribution in [-0.2, 0) is 24.0 Å². The van der Waals surface area contributed by atoms with Gasteiger partial charge in [-0.1, -0.05) is 18.2 Å². The molecule has 4 rings (SSSR count). The second-order valence-electron chi connectivity index (χ2n) is 7.84. The molecule has 7 nitrogen and oxygen atoms in total. The van der Waals surface area contributed by atoms with Crippen LogP contribution in [0.15, 0.2) is 53.7 Å². The first-order chi connectivity index (χ1) is 16.0. The zero-order valence-corrected chi connectivity index (χ0v) is 20.1. The molecular formula is C25H27N5O2S. The number of carbonyl (C=O) groups excluding carboxylic acids is 1. The predicted octanol–water partition coefficient (Wildman–Crippen LogP) is 4.85. The van der Waals surface area contributed by atoms with Gasteiger partial charge in [0.2, 0.25) is 11.8 Å². The summed E-state index contributed by atoms with van der Waals surface area (Å²) in [6.45, 7) is 4.01. The quantitative estimate of drug-likeness (QED) is 0.378. The highest BCUT2D eigenvalue weighted by Crippen LogP contribution is 2.30. The van der Waals surface area contributed by atoms with Crippen LogP contribution in [0.1, 0.15) is 28.8 Å². The molecule has 0 aliphatic heterocycles. The van der Waals surface area contributed by atoms with E-state index in [0.29, 0.717) is 18.7 Å². The van der Waals surface area contributed by atoms with Crippen molar-refractivity contribution < 1.29 is 9.53 Å². The number of hydrogen-bond donors (Lipinski definition) is 1. The molecule has 3 heterocycles. The van der Waals surface area contributed by atoms with Crippen molar-refractivity contribution in [2.75, 3.05) is 12.4 Å². The van der Waals surface area contributed by atoms with Crippen molar-refractivity contribution in [3.8, 4) is 5.88 Å². The van der Waals surface area contributed by atoms with E-state index in [0.717, 1.165) is 49.9 Å². The first-order valence-electron chi connectivity index (χ1n) is 10.8. The number of hydrogen-bond acceptors (Lipinski definition) is 6. The van der Waals surface area contributed by atoms with Crippen LogP contribution in [0.2, 0.25) is 0 Å². The van der Waals surface area contributed by atoms with Crippen LogP contribution in [0.25, 0.3) is 11.0 Å². The first kappa shape index (κ1) is 22.8. The lowest BCUT2D eigenvalue weighted by Crippen LogP contribution is -2.13. The molecule has 0 unspecified atom stereocenters. The van der Waals surface area contributed by atoms with Crippen molar-refractivity contribution in [1.29, 1.82) is 0 Å². The number of fused-ring (bicyclic) bond motifs is 1. The minimum absolute atomic E-state index is 0.0263. The molecule has 0 fully saturated rings. The molecule has 0 aliphatic carbocycles. The molecule has 0 saturated heterocycles. The van der Waals surface area contributed by atoms with Crippen molar-refractivity contribution >= 4 is 34.4 Å². The van der Waals surface area contributed by atoms with Gasteiger partial charge in [-0.2, -0.15) is 0 Å². The molecule has 170 valence electrons. The molecule has 0 saturated carbocycles. The molecule has 0 atom stereocenters. The number of thioether (sulfide) groups is 1. The van der Waals surface area contributed by atoms with E-state index in [1.165, 1.54) is 0 Å². The zero-order chi connectivity index (χ0) is 23.4. The van der Waals surface area contributed by atoms with Crippen molar-refractivity contribution in [1.82, 2.24) is 19.7 Å². The van der Waals surface area contributed by atoms with Gasteiger partial charge in [0.05, 0.1) is 17.5 Å². The van der Waals surface area contributed by atoms with E-state index in [2.05, 4.69) is 21.5 Å². The maximum Gasteiger partial charge on any atom is 0.242 e. The molecule has 0 bridgehead atoms. The number of aromatic nitrogens is 4. The molecule has 0 radical (unpaired) electrons. The third-order valence-corrected chi connectivity index (χ3v) is 6.57. The highest BCUT2D eigenvalue weighted by Gasteiger charge is 2.18. The number of benzene rings is 1. The summed E-state index contributed by atoms with van der Waals surface area (Å²) >= 11 is 1.67. The molecule has 1 amide bonds. The van der Waals surface area contributed by atoms with Gasteiger partial charge in [0.1, 0.15) is 0 Å². The molecule has 8 heteroatoms. The normalized spacial score (nSPS) is 11.0. The fourth-order valence-electron chi connectivity index (χ4n) is 3.90. The number of pyridine rings is 2. The summed E-state index contributed by atoms with van der Waals surface area (Å²) in [5.41, 5.74) is 5.75. The van der Waals surface area contributed by atoms with Crippen LogP contribution in [0.4, 0.5) is 5.69 Å². The lowest BCUT2D eigenvalue weighted by molar-refractivity contribution is -0.116. The van der Waals surface area contributed by atoms with Crippen molar-refractivity contribution in [3.63, 3.8) is 0 Å². The number of methoxy groups -OCH3 is 1. The standard InChI is InChI=1S/C25H27N5O2S/c1-16-20(17(2)27-24-23(16)25(32-4)29-30(24)3)11-12-21(31)28-19-9-7-8-18(14-19)15-33-22-10-5-6-13-26-22/h5-10,13-14H,11-12,15H2,1-4H3,(H,28,31). The van der Waals surface area contributed by atoms with Gasteiger partial charge in [-0.25, -0.2) is 14.6 Å². The van der Waals surface area contributed by atoms with E-state index >= 15 is 0 Å². The average Bonchev–Trinajstić information content (AvgIpc) is 3.14. The molecule has 33 heavy (non-hydrogen) atoms. The highest BCUT2D eigenvalue weighted by molar-refractivity contribution is 7.98. The molecule has 0 spiro atoms. The van der Waals surface area contributed by atoms with Crippen molar-refractivity contribution in [3.05, 3.63) is 71.0 Å². The molecular weight excluding hydrogens is 434 g/mol. The number of rotatable bonds is 8. The van der Waals surface area contributed by atoms with Gasteiger partial charge < -0.3 is 10.1 Å².